The maximum atomic E-state index is 13.2. The van der Waals surface area contributed by atoms with Crippen molar-refractivity contribution in [2.75, 3.05) is 18.1 Å². The minimum atomic E-state index is -3.92. The second kappa shape index (κ2) is 10.4. The second-order valence-corrected chi connectivity index (χ2v) is 11.5. The molecule has 0 spiro atoms. The molecule has 0 unspecified atom stereocenters. The number of aliphatic carboxylic acids is 1. The molecule has 0 bridgehead atoms. The molecule has 2 N–H and O–H groups in total. The van der Waals surface area contributed by atoms with Gasteiger partial charge in [0.05, 0.1) is 16.4 Å². The van der Waals surface area contributed by atoms with Crippen LogP contribution in [0, 0.1) is 0 Å². The Bertz CT molecular complexity index is 957. The first-order valence-electron chi connectivity index (χ1n) is 9.79. The number of carboxylic acids is 1. The van der Waals surface area contributed by atoms with Crippen LogP contribution in [0.4, 0.5) is 0 Å². The second-order valence-electron chi connectivity index (χ2n) is 7.43. The van der Waals surface area contributed by atoms with E-state index in [1.165, 1.54) is 23.4 Å². The van der Waals surface area contributed by atoms with Gasteiger partial charge in [0.25, 0.3) is 0 Å². The molecule has 1 aromatic rings. The van der Waals surface area contributed by atoms with Gasteiger partial charge in [0.15, 0.2) is 9.84 Å². The zero-order valence-corrected chi connectivity index (χ0v) is 18.5. The molecule has 1 fully saturated rings. The Balaban J connectivity index is 2.16. The summed E-state index contributed by atoms with van der Waals surface area (Å²) in [6.45, 7) is 1.81. The Labute approximate surface area is 177 Å². The van der Waals surface area contributed by atoms with E-state index >= 15 is 0 Å². The molecule has 1 heterocycles. The van der Waals surface area contributed by atoms with Crippen molar-refractivity contribution in [3.05, 3.63) is 29.8 Å². The maximum absolute atomic E-state index is 13.2. The van der Waals surface area contributed by atoms with E-state index in [1.807, 2.05) is 0 Å². The van der Waals surface area contributed by atoms with Crippen molar-refractivity contribution in [2.24, 2.45) is 0 Å². The number of nitrogens with one attached hydrogen (secondary N) is 1. The largest absolute Gasteiger partial charge is 0.481 e. The predicted octanol–water partition coefficient (Wildman–Crippen LogP) is 1.15. The zero-order valence-electron chi connectivity index (χ0n) is 16.9. The molecule has 1 aliphatic heterocycles. The molecule has 0 radical (unpaired) electrons. The number of carboxylic acid groups (broad SMARTS) is 1. The maximum Gasteiger partial charge on any atom is 0.303 e. The van der Waals surface area contributed by atoms with E-state index in [0.717, 1.165) is 5.56 Å². The molecule has 1 aliphatic rings. The van der Waals surface area contributed by atoms with Gasteiger partial charge >= 0.3 is 5.97 Å². The number of unbranched alkanes of at least 4 members (excludes halogenated alkanes) is 2. The molecule has 1 amide bonds. The van der Waals surface area contributed by atoms with Crippen LogP contribution in [0.5, 0.6) is 0 Å². The average molecular weight is 461 g/mol. The van der Waals surface area contributed by atoms with Crippen LogP contribution in [0.1, 0.15) is 44.6 Å². The van der Waals surface area contributed by atoms with Crippen LogP contribution < -0.4 is 5.32 Å². The molecular weight excluding hydrogens is 432 g/mol. The van der Waals surface area contributed by atoms with Crippen molar-refractivity contribution in [2.45, 2.75) is 56.5 Å². The van der Waals surface area contributed by atoms with E-state index in [0.29, 0.717) is 19.3 Å². The quantitative estimate of drug-likeness (QED) is 0.472. The van der Waals surface area contributed by atoms with Crippen molar-refractivity contribution in [1.82, 2.24) is 9.62 Å². The van der Waals surface area contributed by atoms with Gasteiger partial charge < -0.3 is 10.4 Å². The smallest absolute Gasteiger partial charge is 0.303 e. The number of hydrogen-bond donors (Lipinski definition) is 2. The number of benzene rings is 1. The van der Waals surface area contributed by atoms with E-state index < -0.39 is 31.9 Å². The number of sulfone groups is 1. The van der Waals surface area contributed by atoms with E-state index in [2.05, 4.69) is 5.32 Å². The molecule has 0 aliphatic carbocycles. The Morgan fingerprint density at radius 3 is 2.37 bits per heavy atom. The number of carbonyl (C=O) groups is 2. The Kier molecular flexibility index (Phi) is 8.39. The number of hydrogen-bond acceptors (Lipinski definition) is 6. The molecule has 168 valence electrons. The van der Waals surface area contributed by atoms with Crippen molar-refractivity contribution in [1.29, 1.82) is 0 Å². The van der Waals surface area contributed by atoms with E-state index in [-0.39, 0.29) is 48.2 Å². The minimum Gasteiger partial charge on any atom is -0.481 e. The fourth-order valence-corrected chi connectivity index (χ4v) is 6.88. The van der Waals surface area contributed by atoms with E-state index in [1.54, 1.807) is 12.1 Å². The molecule has 0 aromatic heterocycles. The lowest BCUT2D eigenvalue weighted by molar-refractivity contribution is -0.137. The fraction of sp³-hybridized carbons (Fsp3) is 0.579. The molecule has 0 saturated carbocycles. The van der Waals surface area contributed by atoms with E-state index in [9.17, 15) is 26.4 Å². The lowest BCUT2D eigenvalue weighted by Gasteiger charge is -2.27. The van der Waals surface area contributed by atoms with Gasteiger partial charge in [-0.2, -0.15) is 4.31 Å². The molecule has 11 heteroatoms. The first kappa shape index (κ1) is 24.3. The van der Waals surface area contributed by atoms with Gasteiger partial charge in [-0.1, -0.05) is 18.6 Å². The van der Waals surface area contributed by atoms with Crippen LogP contribution in [0.2, 0.25) is 0 Å². The summed E-state index contributed by atoms with van der Waals surface area (Å²) in [6.07, 6.45) is 1.68. The summed E-state index contributed by atoms with van der Waals surface area (Å²) in [4.78, 5) is 21.7. The third-order valence-corrected chi connectivity index (χ3v) is 8.67. The summed E-state index contributed by atoms with van der Waals surface area (Å²) in [7, 11) is -7.20. The number of sulfonamides is 1. The number of rotatable bonds is 11. The fourth-order valence-electron chi connectivity index (χ4n) is 3.36. The molecule has 30 heavy (non-hydrogen) atoms. The van der Waals surface area contributed by atoms with Gasteiger partial charge in [0.1, 0.15) is 0 Å². The molecule has 1 aromatic carbocycles. The van der Waals surface area contributed by atoms with E-state index in [4.69, 9.17) is 5.11 Å². The van der Waals surface area contributed by atoms with Crippen molar-refractivity contribution >= 4 is 31.7 Å². The first-order chi connectivity index (χ1) is 14.0. The van der Waals surface area contributed by atoms with Crippen molar-refractivity contribution < 1.29 is 31.5 Å². The predicted molar refractivity (Wildman–Crippen MR) is 111 cm³/mol. The third kappa shape index (κ3) is 7.06. The standard InChI is InChI=1S/C19H28N2O7S2/c1-15(22)20-13-16-6-8-18(9-7-16)30(27,28)21(11-4-2-3-5-19(23)24)17-10-12-29(25,26)14-17/h6-9,17H,2-5,10-14H2,1H3,(H,20,22)(H,23,24)/t17-/m1/s1. The Morgan fingerprint density at radius 1 is 1.17 bits per heavy atom. The van der Waals surface area contributed by atoms with Gasteiger partial charge in [0, 0.05) is 32.5 Å². The van der Waals surface area contributed by atoms with Crippen molar-refractivity contribution in [3.63, 3.8) is 0 Å². The highest BCUT2D eigenvalue weighted by atomic mass is 32.2. The number of carbonyl (C=O) groups excluding carboxylic acids is 1. The zero-order chi connectivity index (χ0) is 22.4. The van der Waals surface area contributed by atoms with Gasteiger partial charge in [0.2, 0.25) is 15.9 Å². The van der Waals surface area contributed by atoms with Crippen LogP contribution in [0.15, 0.2) is 29.2 Å². The lowest BCUT2D eigenvalue weighted by atomic mass is 10.2. The van der Waals surface area contributed by atoms with Crippen LogP contribution in [0.25, 0.3) is 0 Å². The van der Waals surface area contributed by atoms with Crippen LogP contribution in [0.3, 0.4) is 0 Å². The minimum absolute atomic E-state index is 0.0142. The summed E-state index contributed by atoms with van der Waals surface area (Å²) in [5.74, 6) is -1.34. The highest BCUT2D eigenvalue weighted by molar-refractivity contribution is 7.92. The number of nitrogens with zero attached hydrogens (tertiary/aromatic N) is 1. The summed E-state index contributed by atoms with van der Waals surface area (Å²) in [5, 5.41) is 11.4. The summed E-state index contributed by atoms with van der Waals surface area (Å²) < 4.78 is 51.6. The lowest BCUT2D eigenvalue weighted by Crippen LogP contribution is -2.41. The highest BCUT2D eigenvalue weighted by Gasteiger charge is 2.38. The molecule has 1 saturated heterocycles. The molecule has 9 nitrogen and oxygen atoms in total. The molecular formula is C19H28N2O7S2. The first-order valence-corrected chi connectivity index (χ1v) is 13.0. The Hall–Kier alpha value is -1.98. The van der Waals surface area contributed by atoms with Gasteiger partial charge in [-0.25, -0.2) is 16.8 Å². The molecule has 2 rings (SSSR count). The summed E-state index contributed by atoms with van der Waals surface area (Å²) >= 11 is 0. The SMILES string of the molecule is CC(=O)NCc1ccc(S(=O)(=O)N(CCCCCC(=O)O)[C@@H]2CCS(=O)(=O)C2)cc1. The average Bonchev–Trinajstić information content (AvgIpc) is 3.02. The topological polar surface area (TPSA) is 138 Å². The summed E-state index contributed by atoms with van der Waals surface area (Å²) in [6, 6.07) is 5.50. The van der Waals surface area contributed by atoms with Gasteiger partial charge in [-0.05, 0) is 37.0 Å². The van der Waals surface area contributed by atoms with Crippen LogP contribution in [-0.4, -0.2) is 62.2 Å². The van der Waals surface area contributed by atoms with Crippen LogP contribution >= 0.6 is 0 Å². The third-order valence-electron chi connectivity index (χ3n) is 4.96. The van der Waals surface area contributed by atoms with Gasteiger partial charge in [-0.3, -0.25) is 9.59 Å². The van der Waals surface area contributed by atoms with Crippen molar-refractivity contribution in [3.8, 4) is 0 Å². The number of amides is 1. The Morgan fingerprint density at radius 2 is 1.83 bits per heavy atom. The highest BCUT2D eigenvalue weighted by Crippen LogP contribution is 2.26. The monoisotopic (exact) mass is 460 g/mol. The normalized spacial score (nSPS) is 18.4. The summed E-state index contributed by atoms with van der Waals surface area (Å²) in [5.41, 5.74) is 0.743. The van der Waals surface area contributed by atoms with Crippen LogP contribution in [-0.2, 0) is 36.0 Å². The van der Waals surface area contributed by atoms with Gasteiger partial charge in [-0.15, -0.1) is 0 Å². The molecule has 1 atom stereocenters.